The molecule has 2 aromatic heterocycles. The molecule has 140 valence electrons. The van der Waals surface area contributed by atoms with Gasteiger partial charge in [0.15, 0.2) is 0 Å². The van der Waals surface area contributed by atoms with Crippen molar-refractivity contribution in [2.75, 3.05) is 5.32 Å². The molecule has 0 radical (unpaired) electrons. The second kappa shape index (κ2) is 6.93. The van der Waals surface area contributed by atoms with Gasteiger partial charge in [0.1, 0.15) is 10.9 Å². The molecule has 27 heavy (non-hydrogen) atoms. The van der Waals surface area contributed by atoms with Gasteiger partial charge in [-0.3, -0.25) is 14.2 Å². The SMILES string of the molecule is Cc1ccccc1NC(=O)C(C)n1cnc2sc3c(c2c1=O)CCC(C)C3. The first-order valence-electron chi connectivity index (χ1n) is 9.33. The van der Waals surface area contributed by atoms with Gasteiger partial charge < -0.3 is 5.32 Å². The molecule has 2 heterocycles. The van der Waals surface area contributed by atoms with Gasteiger partial charge in [-0.15, -0.1) is 11.3 Å². The van der Waals surface area contributed by atoms with Crippen molar-refractivity contribution in [2.24, 2.45) is 5.92 Å². The summed E-state index contributed by atoms with van der Waals surface area (Å²) in [5.74, 6) is 0.428. The molecule has 5 nitrogen and oxygen atoms in total. The zero-order valence-electron chi connectivity index (χ0n) is 15.8. The Morgan fingerprint density at radius 1 is 1.37 bits per heavy atom. The van der Waals surface area contributed by atoms with Gasteiger partial charge in [-0.25, -0.2) is 4.98 Å². The molecule has 2 unspecified atom stereocenters. The predicted molar refractivity (Wildman–Crippen MR) is 110 cm³/mol. The molecule has 1 amide bonds. The van der Waals surface area contributed by atoms with Crippen LogP contribution in [0.1, 0.15) is 42.3 Å². The number of hydrogen-bond acceptors (Lipinski definition) is 4. The lowest BCUT2D eigenvalue weighted by Gasteiger charge is -2.18. The topological polar surface area (TPSA) is 64.0 Å². The van der Waals surface area contributed by atoms with E-state index in [0.717, 1.165) is 40.9 Å². The van der Waals surface area contributed by atoms with Crippen molar-refractivity contribution in [1.82, 2.24) is 9.55 Å². The Morgan fingerprint density at radius 3 is 2.93 bits per heavy atom. The van der Waals surface area contributed by atoms with Crippen LogP contribution in [0.15, 0.2) is 35.4 Å². The van der Waals surface area contributed by atoms with Crippen molar-refractivity contribution in [3.05, 3.63) is 57.0 Å². The zero-order chi connectivity index (χ0) is 19.1. The number of nitrogens with one attached hydrogen (secondary N) is 1. The first-order valence-corrected chi connectivity index (χ1v) is 10.1. The summed E-state index contributed by atoms with van der Waals surface area (Å²) in [6, 6.07) is 6.98. The molecule has 0 aliphatic heterocycles. The molecule has 3 aromatic rings. The Kier molecular flexibility index (Phi) is 4.60. The largest absolute Gasteiger partial charge is 0.324 e. The zero-order valence-corrected chi connectivity index (χ0v) is 16.6. The average Bonchev–Trinajstić information content (AvgIpc) is 3.01. The number of anilines is 1. The number of thiophene rings is 1. The fraction of sp³-hybridized carbons (Fsp3) is 0.381. The molecular formula is C21H23N3O2S. The van der Waals surface area contributed by atoms with Crippen molar-refractivity contribution >= 4 is 33.1 Å². The molecule has 0 spiro atoms. The summed E-state index contributed by atoms with van der Waals surface area (Å²) in [5, 5.41) is 3.63. The molecule has 6 heteroatoms. The Balaban J connectivity index is 1.69. The Morgan fingerprint density at radius 2 is 2.15 bits per heavy atom. The van der Waals surface area contributed by atoms with E-state index in [4.69, 9.17) is 0 Å². The summed E-state index contributed by atoms with van der Waals surface area (Å²) in [6.07, 6.45) is 4.54. The molecular weight excluding hydrogens is 358 g/mol. The number of nitrogens with zero attached hydrogens (tertiary/aromatic N) is 2. The molecule has 0 saturated heterocycles. The summed E-state index contributed by atoms with van der Waals surface area (Å²) < 4.78 is 1.46. The molecule has 1 aromatic carbocycles. The lowest BCUT2D eigenvalue weighted by atomic mass is 9.89. The van der Waals surface area contributed by atoms with Crippen LogP contribution >= 0.6 is 11.3 Å². The number of para-hydroxylation sites is 1. The summed E-state index contributed by atoms with van der Waals surface area (Å²) in [5.41, 5.74) is 2.78. The molecule has 0 fully saturated rings. The van der Waals surface area contributed by atoms with E-state index in [1.54, 1.807) is 18.3 Å². The van der Waals surface area contributed by atoms with E-state index >= 15 is 0 Å². The highest BCUT2D eigenvalue weighted by atomic mass is 32.1. The quantitative estimate of drug-likeness (QED) is 0.743. The highest BCUT2D eigenvalue weighted by Gasteiger charge is 2.25. The van der Waals surface area contributed by atoms with Gasteiger partial charge >= 0.3 is 0 Å². The van der Waals surface area contributed by atoms with Gasteiger partial charge in [0.2, 0.25) is 5.91 Å². The molecule has 1 aliphatic rings. The van der Waals surface area contributed by atoms with Crippen LogP contribution in [0.25, 0.3) is 10.2 Å². The van der Waals surface area contributed by atoms with E-state index in [1.807, 2.05) is 31.2 Å². The summed E-state index contributed by atoms with van der Waals surface area (Å²) in [6.45, 7) is 5.93. The highest BCUT2D eigenvalue weighted by Crippen LogP contribution is 2.35. The fourth-order valence-corrected chi connectivity index (χ4v) is 5.04. The number of rotatable bonds is 3. The number of benzene rings is 1. The third-order valence-corrected chi connectivity index (χ3v) is 6.60. The van der Waals surface area contributed by atoms with Crippen LogP contribution in [0.3, 0.4) is 0 Å². The third kappa shape index (κ3) is 3.18. The number of fused-ring (bicyclic) bond motifs is 3. The van der Waals surface area contributed by atoms with E-state index in [9.17, 15) is 9.59 Å². The Hall–Kier alpha value is -2.47. The van der Waals surface area contributed by atoms with Crippen LogP contribution in [0.2, 0.25) is 0 Å². The van der Waals surface area contributed by atoms with Crippen LogP contribution in [-0.2, 0) is 17.6 Å². The standard InChI is InChI=1S/C21H23N3O2S/c1-12-8-9-15-17(10-12)27-20-18(15)21(26)24(11-22-20)14(3)19(25)23-16-7-5-4-6-13(16)2/h4-7,11-12,14H,8-10H2,1-3H3,(H,23,25). The summed E-state index contributed by atoms with van der Waals surface area (Å²) in [7, 11) is 0. The minimum absolute atomic E-state index is 0.112. The second-order valence-corrected chi connectivity index (χ2v) is 8.55. The number of aryl methyl sites for hydroxylation is 2. The van der Waals surface area contributed by atoms with Gasteiger partial charge in [-0.05, 0) is 56.2 Å². The molecule has 1 aliphatic carbocycles. The van der Waals surface area contributed by atoms with Crippen molar-refractivity contribution in [3.63, 3.8) is 0 Å². The summed E-state index contributed by atoms with van der Waals surface area (Å²) >= 11 is 1.63. The lowest BCUT2D eigenvalue weighted by molar-refractivity contribution is -0.118. The monoisotopic (exact) mass is 381 g/mol. The highest BCUT2D eigenvalue weighted by molar-refractivity contribution is 7.18. The van der Waals surface area contributed by atoms with Gasteiger partial charge in [0, 0.05) is 10.6 Å². The van der Waals surface area contributed by atoms with Crippen molar-refractivity contribution in [1.29, 1.82) is 0 Å². The van der Waals surface area contributed by atoms with E-state index in [2.05, 4.69) is 17.2 Å². The van der Waals surface area contributed by atoms with Crippen molar-refractivity contribution in [3.8, 4) is 0 Å². The number of carbonyl (C=O) groups is 1. The second-order valence-electron chi connectivity index (χ2n) is 7.47. The van der Waals surface area contributed by atoms with Gasteiger partial charge in [-0.2, -0.15) is 0 Å². The van der Waals surface area contributed by atoms with Crippen LogP contribution in [-0.4, -0.2) is 15.5 Å². The van der Waals surface area contributed by atoms with E-state index in [0.29, 0.717) is 11.3 Å². The first kappa shape index (κ1) is 17.9. The molecule has 4 rings (SSSR count). The van der Waals surface area contributed by atoms with Crippen LogP contribution in [0, 0.1) is 12.8 Å². The maximum absolute atomic E-state index is 13.2. The normalized spacial score (nSPS) is 17.5. The molecule has 1 N–H and O–H groups in total. The van der Waals surface area contributed by atoms with Crippen LogP contribution in [0.5, 0.6) is 0 Å². The first-order chi connectivity index (χ1) is 13.0. The molecule has 0 bridgehead atoms. The summed E-state index contributed by atoms with van der Waals surface area (Å²) in [4.78, 5) is 32.5. The number of aromatic nitrogens is 2. The fourth-order valence-electron chi connectivity index (χ4n) is 3.70. The molecule has 0 saturated carbocycles. The maximum Gasteiger partial charge on any atom is 0.263 e. The van der Waals surface area contributed by atoms with Crippen molar-refractivity contribution < 1.29 is 4.79 Å². The average molecular weight is 382 g/mol. The smallest absolute Gasteiger partial charge is 0.263 e. The maximum atomic E-state index is 13.2. The molecule has 2 atom stereocenters. The number of carbonyl (C=O) groups excluding carboxylic acids is 1. The minimum Gasteiger partial charge on any atom is -0.324 e. The number of hydrogen-bond donors (Lipinski definition) is 1. The van der Waals surface area contributed by atoms with Crippen LogP contribution < -0.4 is 10.9 Å². The van der Waals surface area contributed by atoms with E-state index in [1.165, 1.54) is 15.8 Å². The third-order valence-electron chi connectivity index (χ3n) is 5.44. The van der Waals surface area contributed by atoms with Gasteiger partial charge in [-0.1, -0.05) is 25.1 Å². The van der Waals surface area contributed by atoms with Gasteiger partial charge in [0.25, 0.3) is 5.56 Å². The van der Waals surface area contributed by atoms with E-state index in [-0.39, 0.29) is 11.5 Å². The lowest BCUT2D eigenvalue weighted by Crippen LogP contribution is -2.32. The van der Waals surface area contributed by atoms with E-state index < -0.39 is 6.04 Å². The Bertz CT molecular complexity index is 1080. The van der Waals surface area contributed by atoms with Gasteiger partial charge in [0.05, 0.1) is 11.7 Å². The predicted octanol–water partition coefficient (Wildman–Crippen LogP) is 4.09. The van der Waals surface area contributed by atoms with Crippen molar-refractivity contribution in [2.45, 2.75) is 46.1 Å². The van der Waals surface area contributed by atoms with Crippen LogP contribution in [0.4, 0.5) is 5.69 Å². The minimum atomic E-state index is -0.632. The Labute approximate surface area is 162 Å². The number of amides is 1.